The normalized spacial score (nSPS) is 12.2. The second-order valence-corrected chi connectivity index (χ2v) is 3.70. The zero-order valence-corrected chi connectivity index (χ0v) is 10.4. The van der Waals surface area contributed by atoms with E-state index < -0.39 is 0 Å². The molecular weight excluding hydrogens is 204 g/mol. The summed E-state index contributed by atoms with van der Waals surface area (Å²) in [4.78, 5) is 13.5. The molecule has 0 radical (unpaired) electrons. The van der Waals surface area contributed by atoms with Crippen LogP contribution in [-0.4, -0.2) is 49.6 Å². The van der Waals surface area contributed by atoms with E-state index in [2.05, 4.69) is 36.3 Å². The Kier molecular flexibility index (Phi) is 8.49. The summed E-state index contributed by atoms with van der Waals surface area (Å²) in [6.45, 7) is 9.60. The van der Waals surface area contributed by atoms with Crippen molar-refractivity contribution in [1.82, 2.24) is 15.5 Å². The van der Waals surface area contributed by atoms with Gasteiger partial charge in [0.2, 0.25) is 5.91 Å². The predicted octanol–water partition coefficient (Wildman–Crippen LogP) is -0.0539. The van der Waals surface area contributed by atoms with Crippen LogP contribution in [-0.2, 0) is 4.79 Å². The van der Waals surface area contributed by atoms with E-state index in [1.165, 1.54) is 0 Å². The van der Waals surface area contributed by atoms with Gasteiger partial charge in [-0.15, -0.1) is 0 Å². The molecule has 1 amide bonds. The molecule has 5 heteroatoms. The fraction of sp³-hybridized carbons (Fsp3) is 0.818. The highest BCUT2D eigenvalue weighted by Crippen LogP contribution is 1.90. The lowest BCUT2D eigenvalue weighted by Gasteiger charge is -2.23. The van der Waals surface area contributed by atoms with Gasteiger partial charge in [0, 0.05) is 12.6 Å². The van der Waals surface area contributed by atoms with E-state index >= 15 is 0 Å². The summed E-state index contributed by atoms with van der Waals surface area (Å²) in [6.07, 6.45) is 0. The first kappa shape index (κ1) is 14.9. The number of likely N-dealkylation sites (N-methyl/N-ethyl adjacent to an activating group) is 1. The van der Waals surface area contributed by atoms with Gasteiger partial charge in [-0.2, -0.15) is 5.26 Å². The van der Waals surface area contributed by atoms with Crippen molar-refractivity contribution in [3.8, 4) is 6.07 Å². The number of hydrogen-bond donors (Lipinski definition) is 2. The lowest BCUT2D eigenvalue weighted by atomic mass is 10.3. The summed E-state index contributed by atoms with van der Waals surface area (Å²) in [5.74, 6) is -0.132. The largest absolute Gasteiger partial charge is 0.342 e. The summed E-state index contributed by atoms with van der Waals surface area (Å²) in [7, 11) is 0. The minimum atomic E-state index is -0.132. The second-order valence-electron chi connectivity index (χ2n) is 3.70. The van der Waals surface area contributed by atoms with Crippen molar-refractivity contribution in [3.63, 3.8) is 0 Å². The highest BCUT2D eigenvalue weighted by Gasteiger charge is 2.08. The molecule has 5 nitrogen and oxygen atoms in total. The molecule has 1 unspecified atom stereocenters. The van der Waals surface area contributed by atoms with Gasteiger partial charge < -0.3 is 15.5 Å². The summed E-state index contributed by atoms with van der Waals surface area (Å²) in [5, 5.41) is 13.9. The maximum atomic E-state index is 11.2. The summed E-state index contributed by atoms with van der Waals surface area (Å²) < 4.78 is 0. The fourth-order valence-corrected chi connectivity index (χ4v) is 1.40. The molecule has 92 valence electrons. The molecule has 0 aromatic heterocycles. The molecule has 1 atom stereocenters. The Hall–Kier alpha value is -1.12. The Balaban J connectivity index is 3.68. The molecule has 0 aromatic carbocycles. The molecule has 0 aliphatic carbocycles. The van der Waals surface area contributed by atoms with Crippen LogP contribution in [0.15, 0.2) is 0 Å². The van der Waals surface area contributed by atoms with Gasteiger partial charge in [0.1, 0.15) is 6.54 Å². The third-order valence-corrected chi connectivity index (χ3v) is 2.40. The molecule has 2 N–H and O–H groups in total. The molecule has 0 aliphatic heterocycles. The zero-order chi connectivity index (χ0) is 12.4. The van der Waals surface area contributed by atoms with Crippen molar-refractivity contribution >= 4 is 5.91 Å². The Morgan fingerprint density at radius 3 is 2.56 bits per heavy atom. The van der Waals surface area contributed by atoms with Crippen molar-refractivity contribution in [2.75, 3.05) is 32.7 Å². The molecule has 0 heterocycles. The van der Waals surface area contributed by atoms with Crippen molar-refractivity contribution in [2.24, 2.45) is 0 Å². The third kappa shape index (κ3) is 7.21. The number of amides is 1. The van der Waals surface area contributed by atoms with Gasteiger partial charge in [-0.05, 0) is 20.0 Å². The first-order valence-electron chi connectivity index (χ1n) is 5.73. The van der Waals surface area contributed by atoms with E-state index in [1.807, 2.05) is 6.07 Å². The van der Waals surface area contributed by atoms with Crippen molar-refractivity contribution < 1.29 is 4.79 Å². The minimum absolute atomic E-state index is 0.0743. The minimum Gasteiger partial charge on any atom is -0.342 e. The van der Waals surface area contributed by atoms with Gasteiger partial charge >= 0.3 is 0 Å². The number of nitriles is 1. The van der Waals surface area contributed by atoms with E-state index in [-0.39, 0.29) is 25.0 Å². The van der Waals surface area contributed by atoms with Crippen LogP contribution < -0.4 is 10.6 Å². The van der Waals surface area contributed by atoms with Gasteiger partial charge in [0.15, 0.2) is 0 Å². The van der Waals surface area contributed by atoms with Crippen LogP contribution in [0.25, 0.3) is 0 Å². The topological polar surface area (TPSA) is 68.2 Å². The van der Waals surface area contributed by atoms with Crippen LogP contribution in [0.5, 0.6) is 0 Å². The van der Waals surface area contributed by atoms with Gasteiger partial charge in [-0.1, -0.05) is 13.8 Å². The van der Waals surface area contributed by atoms with E-state index in [1.54, 1.807) is 0 Å². The highest BCUT2D eigenvalue weighted by atomic mass is 16.1. The number of carbonyl (C=O) groups excluding carboxylic acids is 1. The standard InChI is InChI=1S/C11H22N4O/c1-4-15(5-2)9-10(3)14-8-11(16)13-7-6-12/h10,14H,4-5,7-9H2,1-3H3,(H,13,16). The quantitative estimate of drug-likeness (QED) is 0.569. The van der Waals surface area contributed by atoms with Crippen LogP contribution >= 0.6 is 0 Å². The Labute approximate surface area is 97.8 Å². The fourth-order valence-electron chi connectivity index (χ4n) is 1.40. The molecule has 0 saturated carbocycles. The number of nitrogens with one attached hydrogen (secondary N) is 2. The van der Waals surface area contributed by atoms with E-state index in [9.17, 15) is 4.79 Å². The number of hydrogen-bond acceptors (Lipinski definition) is 4. The van der Waals surface area contributed by atoms with Gasteiger partial charge in [-0.25, -0.2) is 0 Å². The molecule has 0 rings (SSSR count). The molecule has 0 aromatic rings. The summed E-state index contributed by atoms with van der Waals surface area (Å²) in [5.41, 5.74) is 0. The molecule has 0 aliphatic rings. The van der Waals surface area contributed by atoms with E-state index in [4.69, 9.17) is 5.26 Å². The maximum Gasteiger partial charge on any atom is 0.234 e. The van der Waals surface area contributed by atoms with Crippen LogP contribution in [0.2, 0.25) is 0 Å². The van der Waals surface area contributed by atoms with Crippen LogP contribution in [0.1, 0.15) is 20.8 Å². The first-order chi connectivity index (χ1) is 7.63. The molecular formula is C11H22N4O. The number of carbonyl (C=O) groups is 1. The number of rotatable bonds is 8. The average molecular weight is 226 g/mol. The van der Waals surface area contributed by atoms with Crippen LogP contribution in [0.4, 0.5) is 0 Å². The van der Waals surface area contributed by atoms with Crippen LogP contribution in [0.3, 0.4) is 0 Å². The van der Waals surface area contributed by atoms with Gasteiger partial charge in [-0.3, -0.25) is 4.79 Å². The Bertz CT molecular complexity index is 233. The van der Waals surface area contributed by atoms with Gasteiger partial charge in [0.25, 0.3) is 0 Å². The lowest BCUT2D eigenvalue weighted by Crippen LogP contribution is -2.43. The van der Waals surface area contributed by atoms with E-state index in [0.29, 0.717) is 0 Å². The van der Waals surface area contributed by atoms with Crippen LogP contribution in [0, 0.1) is 11.3 Å². The number of nitrogens with zero attached hydrogens (tertiary/aromatic N) is 2. The predicted molar refractivity (Wildman–Crippen MR) is 63.9 cm³/mol. The summed E-state index contributed by atoms with van der Waals surface area (Å²) >= 11 is 0. The van der Waals surface area contributed by atoms with Crippen molar-refractivity contribution in [1.29, 1.82) is 5.26 Å². The average Bonchev–Trinajstić information content (AvgIpc) is 2.30. The Morgan fingerprint density at radius 2 is 2.06 bits per heavy atom. The first-order valence-corrected chi connectivity index (χ1v) is 5.73. The molecule has 0 spiro atoms. The summed E-state index contributed by atoms with van der Waals surface area (Å²) in [6, 6.07) is 2.14. The molecule has 16 heavy (non-hydrogen) atoms. The molecule has 0 saturated heterocycles. The van der Waals surface area contributed by atoms with Crippen molar-refractivity contribution in [2.45, 2.75) is 26.8 Å². The smallest absolute Gasteiger partial charge is 0.234 e. The zero-order valence-electron chi connectivity index (χ0n) is 10.4. The van der Waals surface area contributed by atoms with E-state index in [0.717, 1.165) is 19.6 Å². The third-order valence-electron chi connectivity index (χ3n) is 2.40. The lowest BCUT2D eigenvalue weighted by molar-refractivity contribution is -0.120. The Morgan fingerprint density at radius 1 is 1.44 bits per heavy atom. The second kappa shape index (κ2) is 9.13. The maximum absolute atomic E-state index is 11.2. The molecule has 0 fully saturated rings. The monoisotopic (exact) mass is 226 g/mol. The SMILES string of the molecule is CCN(CC)CC(C)NCC(=O)NCC#N. The van der Waals surface area contributed by atoms with Crippen molar-refractivity contribution in [3.05, 3.63) is 0 Å². The molecule has 0 bridgehead atoms. The van der Waals surface area contributed by atoms with Gasteiger partial charge in [0.05, 0.1) is 12.6 Å². The highest BCUT2D eigenvalue weighted by molar-refractivity contribution is 5.78.